The van der Waals surface area contributed by atoms with Gasteiger partial charge >= 0.3 is 88.9 Å². The minimum Gasteiger partial charge on any atom is -0.358 e. The van der Waals surface area contributed by atoms with E-state index in [1.165, 1.54) is 154 Å². The molecule has 12 rings (SSSR count). The van der Waals surface area contributed by atoms with Gasteiger partial charge in [-0.25, -0.2) is 0 Å². The second-order valence-corrected chi connectivity index (χ2v) is 40.7. The zero-order chi connectivity index (χ0) is 59.6. The molecular weight excluding hydrogens is 1380 g/mol. The third-order valence-electron chi connectivity index (χ3n) is 17.6. The summed E-state index contributed by atoms with van der Waals surface area (Å²) in [5.41, 5.74) is 8.24. The summed E-state index contributed by atoms with van der Waals surface area (Å²) < 4.78 is 0. The summed E-state index contributed by atoms with van der Waals surface area (Å²) in [6, 6.07) is 68.4. The Hall–Kier alpha value is 0.513. The number of hydrogen-bond donors (Lipinski definition) is 0. The maximum Gasteiger partial charge on any atom is 2.00 e. The number of benzene rings is 6. The molecule has 0 unspecified atom stereocenters. The van der Waals surface area contributed by atoms with E-state index in [4.69, 9.17) is 11.2 Å². The van der Waals surface area contributed by atoms with Crippen LogP contribution in [-0.4, -0.2) is 50.9 Å². The van der Waals surface area contributed by atoms with Crippen molar-refractivity contribution in [3.63, 3.8) is 0 Å². The minimum absolute atomic E-state index is 0. The van der Waals surface area contributed by atoms with E-state index in [9.17, 15) is 0 Å². The molecule has 0 spiro atoms. The van der Waals surface area contributed by atoms with Crippen LogP contribution < -0.4 is 64.2 Å². The topological polar surface area (TPSA) is 0 Å². The molecule has 0 saturated heterocycles. The molecule has 0 heterocycles. The summed E-state index contributed by atoms with van der Waals surface area (Å²) >= 11 is 6.02. The van der Waals surface area contributed by atoms with Crippen LogP contribution in [0.3, 0.4) is 0 Å². The molecule has 6 aliphatic rings. The molecule has 0 N–H and O–H groups in total. The molecule has 0 amide bonds. The Labute approximate surface area is 658 Å². The Morgan fingerprint density at radius 3 is 0.737 bits per heavy atom. The second-order valence-electron chi connectivity index (χ2n) is 25.3. The SMILES string of the molecule is CC(C)P(C(C)C)C1CCCC1.CC(C)P(Cl)C(C)C.[CH-]1CCCC1.[CH3-].[CH3-].[CH3-].[CH3-].[CH3-].[CH3-].[Fe+2].[Fe+2].[Fe+2].[Li+].[Li+].[c-]1ccccc1.c1ccc(P(C2CCCC2)C2CCCC2)cc1.c1ccc(P(c2ccccc2)C2CCCC2)cc1.c1ccc(P(c2ccccc2)C2CCCC2)cc1. The van der Waals surface area contributed by atoms with Crippen molar-refractivity contribution in [1.29, 1.82) is 0 Å². The fraction of sp³-hybridized carbons (Fsp3) is 0.488. The van der Waals surface area contributed by atoms with Gasteiger partial charge in [0.25, 0.3) is 0 Å². The van der Waals surface area contributed by atoms with E-state index in [-0.39, 0.29) is 165 Å². The van der Waals surface area contributed by atoms with Crippen molar-refractivity contribution in [3.05, 3.63) is 239 Å². The average molecular weight is 1510 g/mol. The van der Waals surface area contributed by atoms with E-state index in [0.29, 0.717) is 19.2 Å². The average Bonchev–Trinajstić information content (AvgIpc) is 1.78. The van der Waals surface area contributed by atoms with Crippen LogP contribution >= 0.6 is 50.2 Å². The van der Waals surface area contributed by atoms with Gasteiger partial charge in [0.15, 0.2) is 0 Å². The van der Waals surface area contributed by atoms with Crippen LogP contribution in [0.25, 0.3) is 0 Å². The first kappa shape index (κ1) is 106. The van der Waals surface area contributed by atoms with Crippen molar-refractivity contribution < 1.29 is 88.9 Å². The normalized spacial score (nSPS) is 15.6. The van der Waals surface area contributed by atoms with Crippen molar-refractivity contribution in [2.45, 2.75) is 260 Å². The number of rotatable bonds is 14. The second kappa shape index (κ2) is 64.1. The first-order valence-electron chi connectivity index (χ1n) is 33.6. The number of hydrogen-bond acceptors (Lipinski definition) is 0. The van der Waals surface area contributed by atoms with Crippen LogP contribution in [0, 0.1) is 57.0 Å². The maximum atomic E-state index is 6.02. The third-order valence-corrected chi connectivity index (χ3v) is 35.1. The van der Waals surface area contributed by atoms with Gasteiger partial charge in [-0.15, -0.1) is 0 Å². The predicted molar refractivity (Wildman–Crippen MR) is 429 cm³/mol. The summed E-state index contributed by atoms with van der Waals surface area (Å²) in [4.78, 5) is 0. The van der Waals surface area contributed by atoms with Crippen molar-refractivity contribution in [3.8, 4) is 0 Å². The largest absolute Gasteiger partial charge is 2.00 e. The Balaban J connectivity index is -0.000000247. The quantitative estimate of drug-likeness (QED) is 0.0579. The van der Waals surface area contributed by atoms with E-state index < -0.39 is 0 Å². The van der Waals surface area contributed by atoms with Gasteiger partial charge in [0, 0.05) is 0 Å². The Bertz CT molecular complexity index is 2250. The van der Waals surface area contributed by atoms with Crippen LogP contribution in [0.2, 0.25) is 0 Å². The molecule has 6 aliphatic carbocycles. The Kier molecular flexibility index (Phi) is 71.9. The summed E-state index contributed by atoms with van der Waals surface area (Å²) in [6.07, 6.45) is 37.4. The fourth-order valence-electron chi connectivity index (χ4n) is 13.8. The van der Waals surface area contributed by atoms with Crippen LogP contribution in [-0.2, 0) is 51.2 Å². The van der Waals surface area contributed by atoms with Crippen LogP contribution in [0.5, 0.6) is 0 Å². The molecular formula is C84H130ClFe3Li2P5. The molecule has 11 heteroatoms. The van der Waals surface area contributed by atoms with E-state index in [1.54, 1.807) is 26.5 Å². The molecule has 0 atom stereocenters. The summed E-state index contributed by atoms with van der Waals surface area (Å²) in [6.45, 7) is 18.4. The predicted octanol–water partition coefficient (Wildman–Crippen LogP) is 20.4. The van der Waals surface area contributed by atoms with Gasteiger partial charge < -0.3 is 51.0 Å². The zero-order valence-electron chi connectivity index (χ0n) is 62.7. The molecule has 95 heavy (non-hydrogen) atoms. The van der Waals surface area contributed by atoms with E-state index >= 15 is 0 Å². The maximum absolute atomic E-state index is 6.02. The zero-order valence-corrected chi connectivity index (χ0v) is 71.3. The Morgan fingerprint density at radius 2 is 0.547 bits per heavy atom. The first-order chi connectivity index (χ1) is 41.0. The van der Waals surface area contributed by atoms with Gasteiger partial charge in [0.2, 0.25) is 0 Å². The van der Waals surface area contributed by atoms with Crippen LogP contribution in [0.4, 0.5) is 0 Å². The number of halogens is 1. The summed E-state index contributed by atoms with van der Waals surface area (Å²) in [5.74, 6) is 0. The molecule has 6 aromatic carbocycles. The minimum atomic E-state index is -0.226. The molecule has 6 aromatic rings. The smallest absolute Gasteiger partial charge is 0.358 e. The summed E-state index contributed by atoms with van der Waals surface area (Å²) in [7, 11) is -0.0682. The monoisotopic (exact) mass is 1510 g/mol. The van der Waals surface area contributed by atoms with E-state index in [2.05, 4.69) is 220 Å². The van der Waals surface area contributed by atoms with Crippen LogP contribution in [0.15, 0.2) is 182 Å². The van der Waals surface area contributed by atoms with Crippen LogP contribution in [0.1, 0.15) is 209 Å². The van der Waals surface area contributed by atoms with Crippen molar-refractivity contribution >= 4 is 76.7 Å². The molecule has 0 aliphatic heterocycles. The van der Waals surface area contributed by atoms with Gasteiger partial charge in [0.1, 0.15) is 0 Å². The van der Waals surface area contributed by atoms with Gasteiger partial charge in [-0.2, -0.15) is 49.2 Å². The molecule has 0 aromatic heterocycles. The molecule has 6 fully saturated rings. The first-order valence-corrected chi connectivity index (χ1v) is 41.8. The molecule has 524 valence electrons. The van der Waals surface area contributed by atoms with Gasteiger partial charge in [-0.1, -0.05) is 311 Å². The van der Waals surface area contributed by atoms with Gasteiger partial charge in [0.05, 0.1) is 0 Å². The van der Waals surface area contributed by atoms with E-state index in [0.717, 1.165) is 39.6 Å². The molecule has 0 radical (unpaired) electrons. The molecule has 6 saturated carbocycles. The van der Waals surface area contributed by atoms with Crippen molar-refractivity contribution in [2.24, 2.45) is 0 Å². The fourth-order valence-corrected chi connectivity index (χ4v) is 28.7. The summed E-state index contributed by atoms with van der Waals surface area (Å²) in [5, 5.41) is 7.88. The van der Waals surface area contributed by atoms with E-state index in [1.807, 2.05) is 30.3 Å². The molecule has 0 bridgehead atoms. The van der Waals surface area contributed by atoms with Gasteiger partial charge in [-0.05, 0) is 165 Å². The van der Waals surface area contributed by atoms with Gasteiger partial charge in [-0.3, -0.25) is 0 Å². The standard InChI is InChI=1S/2C17H19P.C16H23P.C11H23P.C6H14ClP.C6H5.C5H9.6CH3.3Fe.2Li/c2*1-3-9-15(10-4-1)18(17-13-7-8-14-17)16-11-5-2-6-12-16;1-2-8-14(9-3-1)17(15-10-4-5-11-15)16-12-6-7-13-16;1-9(2)12(10(3)4)11-7-5-6-8-11;1-5(2)8(7)6(3)4;1-2-4-6-5-3-1;1-2-4-5-3-1;;;;;;;;;;;/h2*1-6,9-12,17H,7-8,13-14H2;1-3,8-9,15-16H,4-7,10-13H2;9-11H,5-8H2,1-4H3;5-6H,1-4H3;1-5H;1H,2-5H2;6*1H3;;;;;/q;;;;;8*-1;3*+2;2*+1. The van der Waals surface area contributed by atoms with Crippen molar-refractivity contribution in [1.82, 2.24) is 0 Å². The van der Waals surface area contributed by atoms with Crippen molar-refractivity contribution in [2.75, 3.05) is 0 Å². The third kappa shape index (κ3) is 39.8. The Morgan fingerprint density at radius 1 is 0.316 bits per heavy atom. The molecule has 0 nitrogen and oxygen atoms in total.